The highest BCUT2D eigenvalue weighted by molar-refractivity contribution is 5.89. The summed E-state index contributed by atoms with van der Waals surface area (Å²) in [5.41, 5.74) is 5.47. The van der Waals surface area contributed by atoms with E-state index in [1.807, 2.05) is 18.7 Å². The van der Waals surface area contributed by atoms with Crippen molar-refractivity contribution in [3.63, 3.8) is 0 Å². The van der Waals surface area contributed by atoms with Crippen molar-refractivity contribution in [2.45, 2.75) is 52.1 Å². The molecule has 0 aromatic heterocycles. The van der Waals surface area contributed by atoms with Crippen LogP contribution in [-0.2, 0) is 9.59 Å². The van der Waals surface area contributed by atoms with Crippen LogP contribution in [0.3, 0.4) is 0 Å². The van der Waals surface area contributed by atoms with E-state index in [0.717, 1.165) is 12.8 Å². The number of hydrogen-bond acceptors (Lipinski definition) is 3. The second-order valence-electron chi connectivity index (χ2n) is 5.23. The molecule has 0 radical (unpaired) electrons. The van der Waals surface area contributed by atoms with Gasteiger partial charge in [0.15, 0.2) is 0 Å². The molecular formula is C13H26ClN3O2. The van der Waals surface area contributed by atoms with Gasteiger partial charge in [0, 0.05) is 31.6 Å². The lowest BCUT2D eigenvalue weighted by atomic mass is 10.1. The lowest BCUT2D eigenvalue weighted by molar-refractivity contribution is -0.130. The highest BCUT2D eigenvalue weighted by Gasteiger charge is 2.36. The standard InChI is InChI=1S/C13H25N3O2.ClH/c1-4-5-10(3)16-8-11(6-12(16)17)13(18)15-9(2)7-14;/h9-11H,4-8,14H2,1-3H3,(H,15,18);1H/t9-,10?,11?;/m0./s1. The fourth-order valence-corrected chi connectivity index (χ4v) is 2.33. The SMILES string of the molecule is CCCC(C)N1CC(C(=O)N[C@@H](C)CN)CC1=O.Cl. The molecule has 2 unspecified atom stereocenters. The molecule has 0 aromatic rings. The Bertz CT molecular complexity index is 312. The summed E-state index contributed by atoms with van der Waals surface area (Å²) in [6.07, 6.45) is 2.36. The van der Waals surface area contributed by atoms with Gasteiger partial charge in [-0.3, -0.25) is 9.59 Å². The van der Waals surface area contributed by atoms with Gasteiger partial charge < -0.3 is 16.0 Å². The van der Waals surface area contributed by atoms with E-state index in [9.17, 15) is 9.59 Å². The predicted octanol–water partition coefficient (Wildman–Crippen LogP) is 0.909. The molecule has 3 N–H and O–H groups in total. The van der Waals surface area contributed by atoms with Crippen LogP contribution in [0.25, 0.3) is 0 Å². The molecule has 1 rings (SSSR count). The van der Waals surface area contributed by atoms with Crippen LogP contribution in [0.1, 0.15) is 40.0 Å². The van der Waals surface area contributed by atoms with Crippen molar-refractivity contribution >= 4 is 24.2 Å². The normalized spacial score (nSPS) is 21.8. The van der Waals surface area contributed by atoms with E-state index < -0.39 is 0 Å². The number of nitrogens with one attached hydrogen (secondary N) is 1. The Morgan fingerprint density at radius 1 is 1.53 bits per heavy atom. The quantitative estimate of drug-likeness (QED) is 0.764. The van der Waals surface area contributed by atoms with Crippen molar-refractivity contribution in [1.29, 1.82) is 0 Å². The van der Waals surface area contributed by atoms with E-state index in [0.29, 0.717) is 19.5 Å². The van der Waals surface area contributed by atoms with Crippen molar-refractivity contribution in [2.75, 3.05) is 13.1 Å². The van der Waals surface area contributed by atoms with Crippen LogP contribution in [-0.4, -0.2) is 41.9 Å². The molecule has 5 nitrogen and oxygen atoms in total. The van der Waals surface area contributed by atoms with Crippen LogP contribution >= 0.6 is 12.4 Å². The van der Waals surface area contributed by atoms with Crippen molar-refractivity contribution in [3.8, 4) is 0 Å². The second kappa shape index (κ2) is 8.38. The minimum absolute atomic E-state index is 0. The Kier molecular flexibility index (Phi) is 8.02. The van der Waals surface area contributed by atoms with Gasteiger partial charge in [0.1, 0.15) is 0 Å². The number of nitrogens with zero attached hydrogens (tertiary/aromatic N) is 1. The number of rotatable bonds is 6. The molecule has 1 saturated heterocycles. The van der Waals surface area contributed by atoms with E-state index in [-0.39, 0.29) is 42.2 Å². The lowest BCUT2D eigenvalue weighted by Crippen LogP contribution is -2.42. The molecule has 1 fully saturated rings. The molecule has 19 heavy (non-hydrogen) atoms. The van der Waals surface area contributed by atoms with Gasteiger partial charge in [-0.1, -0.05) is 13.3 Å². The predicted molar refractivity (Wildman–Crippen MR) is 78.1 cm³/mol. The first-order valence-electron chi connectivity index (χ1n) is 6.79. The number of carbonyl (C=O) groups is 2. The van der Waals surface area contributed by atoms with Crippen molar-refractivity contribution < 1.29 is 9.59 Å². The molecule has 1 aliphatic heterocycles. The Labute approximate surface area is 121 Å². The van der Waals surface area contributed by atoms with Gasteiger partial charge in [0.25, 0.3) is 0 Å². The first-order chi connectivity index (χ1) is 8.49. The molecule has 0 saturated carbocycles. The molecular weight excluding hydrogens is 266 g/mol. The molecule has 6 heteroatoms. The molecule has 2 amide bonds. The summed E-state index contributed by atoms with van der Waals surface area (Å²) < 4.78 is 0. The topological polar surface area (TPSA) is 75.4 Å². The van der Waals surface area contributed by atoms with Crippen LogP contribution < -0.4 is 11.1 Å². The average Bonchev–Trinajstić information content (AvgIpc) is 2.71. The largest absolute Gasteiger partial charge is 0.352 e. The first kappa shape index (κ1) is 18.2. The second-order valence-corrected chi connectivity index (χ2v) is 5.23. The van der Waals surface area contributed by atoms with Crippen molar-refractivity contribution in [1.82, 2.24) is 10.2 Å². The monoisotopic (exact) mass is 291 g/mol. The third-order valence-electron chi connectivity index (χ3n) is 3.51. The van der Waals surface area contributed by atoms with E-state index >= 15 is 0 Å². The van der Waals surface area contributed by atoms with Gasteiger partial charge in [-0.05, 0) is 20.3 Å². The summed E-state index contributed by atoms with van der Waals surface area (Å²) in [7, 11) is 0. The highest BCUT2D eigenvalue weighted by atomic mass is 35.5. The summed E-state index contributed by atoms with van der Waals surface area (Å²) >= 11 is 0. The zero-order chi connectivity index (χ0) is 13.7. The van der Waals surface area contributed by atoms with E-state index in [4.69, 9.17) is 5.73 Å². The van der Waals surface area contributed by atoms with Crippen LogP contribution in [0.15, 0.2) is 0 Å². The zero-order valence-electron chi connectivity index (χ0n) is 12.0. The Hall–Kier alpha value is -0.810. The van der Waals surface area contributed by atoms with Crippen LogP contribution in [0.2, 0.25) is 0 Å². The van der Waals surface area contributed by atoms with Crippen LogP contribution in [0.5, 0.6) is 0 Å². The summed E-state index contributed by atoms with van der Waals surface area (Å²) in [4.78, 5) is 25.7. The fraction of sp³-hybridized carbons (Fsp3) is 0.846. The van der Waals surface area contributed by atoms with Gasteiger partial charge in [-0.25, -0.2) is 0 Å². The third-order valence-corrected chi connectivity index (χ3v) is 3.51. The van der Waals surface area contributed by atoms with Gasteiger partial charge in [-0.15, -0.1) is 12.4 Å². The van der Waals surface area contributed by atoms with Crippen molar-refractivity contribution in [2.24, 2.45) is 11.7 Å². The van der Waals surface area contributed by atoms with Gasteiger partial charge in [-0.2, -0.15) is 0 Å². The molecule has 1 aliphatic rings. The highest BCUT2D eigenvalue weighted by Crippen LogP contribution is 2.22. The van der Waals surface area contributed by atoms with Gasteiger partial charge >= 0.3 is 0 Å². The average molecular weight is 292 g/mol. The molecule has 0 aromatic carbocycles. The Morgan fingerprint density at radius 3 is 2.68 bits per heavy atom. The van der Waals surface area contributed by atoms with Gasteiger partial charge in [0.05, 0.1) is 5.92 Å². The maximum Gasteiger partial charge on any atom is 0.225 e. The van der Waals surface area contributed by atoms with E-state index in [1.165, 1.54) is 0 Å². The summed E-state index contributed by atoms with van der Waals surface area (Å²) in [6, 6.07) is 0.196. The number of likely N-dealkylation sites (tertiary alicyclic amines) is 1. The molecule has 1 heterocycles. The minimum Gasteiger partial charge on any atom is -0.352 e. The maximum atomic E-state index is 11.9. The zero-order valence-corrected chi connectivity index (χ0v) is 12.8. The number of carbonyl (C=O) groups excluding carboxylic acids is 2. The third kappa shape index (κ3) is 4.99. The summed E-state index contributed by atoms with van der Waals surface area (Å²) in [5.74, 6) is -0.171. The number of amides is 2. The van der Waals surface area contributed by atoms with Crippen molar-refractivity contribution in [3.05, 3.63) is 0 Å². The number of nitrogens with two attached hydrogens (primary N) is 1. The molecule has 0 aliphatic carbocycles. The lowest BCUT2D eigenvalue weighted by Gasteiger charge is -2.24. The summed E-state index contributed by atoms with van der Waals surface area (Å²) in [5, 5.41) is 2.84. The number of hydrogen-bond donors (Lipinski definition) is 2. The van der Waals surface area contributed by atoms with Crippen LogP contribution in [0.4, 0.5) is 0 Å². The molecule has 0 spiro atoms. The molecule has 112 valence electrons. The Morgan fingerprint density at radius 2 is 2.16 bits per heavy atom. The smallest absolute Gasteiger partial charge is 0.225 e. The maximum absolute atomic E-state index is 11.9. The molecule has 3 atom stereocenters. The number of halogens is 1. The summed E-state index contributed by atoms with van der Waals surface area (Å²) in [6.45, 7) is 6.98. The fourth-order valence-electron chi connectivity index (χ4n) is 2.33. The van der Waals surface area contributed by atoms with E-state index in [2.05, 4.69) is 12.2 Å². The van der Waals surface area contributed by atoms with Gasteiger partial charge in [0.2, 0.25) is 11.8 Å². The van der Waals surface area contributed by atoms with Crippen LogP contribution in [0, 0.1) is 5.92 Å². The first-order valence-corrected chi connectivity index (χ1v) is 6.79. The molecule has 0 bridgehead atoms. The van der Waals surface area contributed by atoms with E-state index in [1.54, 1.807) is 0 Å². The minimum atomic E-state index is -0.217. The Balaban J connectivity index is 0.00000324.